The minimum Gasteiger partial charge on any atom is -0.467 e. The predicted octanol–water partition coefficient (Wildman–Crippen LogP) is 1.53. The SMILES string of the molecule is COC(=O)C(NC(=O)CC1CSCCN1)c1ccccc1.Cl. The molecule has 1 aromatic rings. The number of benzene rings is 1. The van der Waals surface area contributed by atoms with E-state index in [1.165, 1.54) is 7.11 Å². The van der Waals surface area contributed by atoms with Gasteiger partial charge in [0, 0.05) is 30.5 Å². The summed E-state index contributed by atoms with van der Waals surface area (Å²) in [6, 6.07) is 8.54. The molecule has 7 heteroatoms. The van der Waals surface area contributed by atoms with Crippen molar-refractivity contribution in [3.05, 3.63) is 35.9 Å². The van der Waals surface area contributed by atoms with E-state index in [1.54, 1.807) is 12.1 Å². The van der Waals surface area contributed by atoms with Gasteiger partial charge in [0.25, 0.3) is 0 Å². The van der Waals surface area contributed by atoms with Gasteiger partial charge in [0.1, 0.15) is 0 Å². The summed E-state index contributed by atoms with van der Waals surface area (Å²) in [5.41, 5.74) is 0.726. The molecule has 2 rings (SSSR count). The van der Waals surface area contributed by atoms with E-state index in [2.05, 4.69) is 10.6 Å². The Kier molecular flexibility index (Phi) is 8.30. The largest absolute Gasteiger partial charge is 0.467 e. The Morgan fingerprint density at radius 2 is 2.14 bits per heavy atom. The molecular weight excluding hydrogens is 324 g/mol. The number of methoxy groups -OCH3 is 1. The van der Waals surface area contributed by atoms with Crippen LogP contribution in [-0.4, -0.2) is 43.1 Å². The molecule has 1 aliphatic heterocycles. The van der Waals surface area contributed by atoms with Crippen molar-refractivity contribution in [2.75, 3.05) is 25.2 Å². The summed E-state index contributed by atoms with van der Waals surface area (Å²) in [6.07, 6.45) is 0.368. The van der Waals surface area contributed by atoms with Crippen molar-refractivity contribution in [1.82, 2.24) is 10.6 Å². The van der Waals surface area contributed by atoms with E-state index in [9.17, 15) is 9.59 Å². The first-order valence-corrected chi connectivity index (χ1v) is 8.09. The van der Waals surface area contributed by atoms with Gasteiger partial charge >= 0.3 is 5.97 Å². The summed E-state index contributed by atoms with van der Waals surface area (Å²) in [7, 11) is 1.32. The van der Waals surface area contributed by atoms with Crippen LogP contribution < -0.4 is 10.6 Å². The molecule has 1 heterocycles. The van der Waals surface area contributed by atoms with Crippen molar-refractivity contribution in [3.8, 4) is 0 Å². The number of hydrogen-bond donors (Lipinski definition) is 2. The van der Waals surface area contributed by atoms with Crippen molar-refractivity contribution in [3.63, 3.8) is 0 Å². The second kappa shape index (κ2) is 9.71. The Morgan fingerprint density at radius 1 is 1.41 bits per heavy atom. The first kappa shape index (κ1) is 18.8. The Hall–Kier alpha value is -1.24. The summed E-state index contributed by atoms with van der Waals surface area (Å²) in [5, 5.41) is 6.08. The van der Waals surface area contributed by atoms with Gasteiger partial charge in [0.2, 0.25) is 5.91 Å². The fourth-order valence-electron chi connectivity index (χ4n) is 2.24. The number of esters is 1. The second-order valence-corrected chi connectivity index (χ2v) is 6.01. The van der Waals surface area contributed by atoms with E-state index in [-0.39, 0.29) is 24.4 Å². The van der Waals surface area contributed by atoms with E-state index in [1.807, 2.05) is 30.0 Å². The number of rotatable bonds is 5. The molecule has 0 radical (unpaired) electrons. The van der Waals surface area contributed by atoms with Crippen LogP contribution >= 0.6 is 24.2 Å². The molecule has 1 amide bonds. The number of ether oxygens (including phenoxy) is 1. The maximum absolute atomic E-state index is 12.1. The predicted molar refractivity (Wildman–Crippen MR) is 90.3 cm³/mol. The Balaban J connectivity index is 0.00000242. The molecule has 1 saturated heterocycles. The van der Waals surface area contributed by atoms with Crippen LogP contribution in [0.4, 0.5) is 0 Å². The topological polar surface area (TPSA) is 67.4 Å². The van der Waals surface area contributed by atoms with Crippen LogP contribution in [0.3, 0.4) is 0 Å². The number of thioether (sulfide) groups is 1. The highest BCUT2D eigenvalue weighted by atomic mass is 35.5. The molecule has 2 unspecified atom stereocenters. The maximum Gasteiger partial charge on any atom is 0.333 e. The van der Waals surface area contributed by atoms with Gasteiger partial charge in [-0.05, 0) is 5.56 Å². The van der Waals surface area contributed by atoms with Crippen LogP contribution in [0, 0.1) is 0 Å². The molecule has 0 aromatic heterocycles. The molecular formula is C15H21ClN2O3S. The average Bonchev–Trinajstić information content (AvgIpc) is 2.53. The number of carbonyl (C=O) groups excluding carboxylic acids is 2. The number of carbonyl (C=O) groups is 2. The molecule has 22 heavy (non-hydrogen) atoms. The van der Waals surface area contributed by atoms with Crippen molar-refractivity contribution in [2.45, 2.75) is 18.5 Å². The monoisotopic (exact) mass is 344 g/mol. The van der Waals surface area contributed by atoms with Crippen molar-refractivity contribution in [2.24, 2.45) is 0 Å². The van der Waals surface area contributed by atoms with Gasteiger partial charge in [-0.2, -0.15) is 11.8 Å². The Bertz CT molecular complexity index is 481. The molecule has 1 aliphatic rings. The van der Waals surface area contributed by atoms with Crippen LogP contribution in [0.25, 0.3) is 0 Å². The quantitative estimate of drug-likeness (QED) is 0.793. The lowest BCUT2D eigenvalue weighted by molar-refractivity contribution is -0.145. The van der Waals surface area contributed by atoms with Crippen LogP contribution in [0.2, 0.25) is 0 Å². The molecule has 1 aromatic carbocycles. The lowest BCUT2D eigenvalue weighted by Crippen LogP contribution is -2.43. The second-order valence-electron chi connectivity index (χ2n) is 4.86. The van der Waals surface area contributed by atoms with Gasteiger partial charge < -0.3 is 15.4 Å². The lowest BCUT2D eigenvalue weighted by atomic mass is 10.1. The molecule has 5 nitrogen and oxygen atoms in total. The van der Waals surface area contributed by atoms with E-state index >= 15 is 0 Å². The number of amides is 1. The van der Waals surface area contributed by atoms with E-state index < -0.39 is 12.0 Å². The van der Waals surface area contributed by atoms with E-state index in [0.29, 0.717) is 6.42 Å². The Morgan fingerprint density at radius 3 is 2.73 bits per heavy atom. The minimum absolute atomic E-state index is 0. The van der Waals surface area contributed by atoms with Crippen LogP contribution in [-0.2, 0) is 14.3 Å². The van der Waals surface area contributed by atoms with E-state index in [0.717, 1.165) is 23.6 Å². The first-order chi connectivity index (χ1) is 10.2. The zero-order valence-corrected chi connectivity index (χ0v) is 14.0. The fraction of sp³-hybridized carbons (Fsp3) is 0.467. The summed E-state index contributed by atoms with van der Waals surface area (Å²) >= 11 is 1.84. The van der Waals surface area contributed by atoms with Crippen LogP contribution in [0.5, 0.6) is 0 Å². The first-order valence-electron chi connectivity index (χ1n) is 6.94. The summed E-state index contributed by atoms with van der Waals surface area (Å²) in [6.45, 7) is 0.918. The third-order valence-electron chi connectivity index (χ3n) is 3.31. The highest BCUT2D eigenvalue weighted by Gasteiger charge is 2.25. The normalized spacial score (nSPS) is 18.7. The van der Waals surface area contributed by atoms with Crippen LogP contribution in [0.15, 0.2) is 30.3 Å². The fourth-order valence-corrected chi connectivity index (χ4v) is 3.19. The highest BCUT2D eigenvalue weighted by Crippen LogP contribution is 2.15. The van der Waals surface area contributed by atoms with Crippen molar-refractivity contribution < 1.29 is 14.3 Å². The summed E-state index contributed by atoms with van der Waals surface area (Å²) in [4.78, 5) is 24.0. The summed E-state index contributed by atoms with van der Waals surface area (Å²) in [5.74, 6) is 1.39. The zero-order chi connectivity index (χ0) is 15.1. The third kappa shape index (κ3) is 5.51. The van der Waals surface area contributed by atoms with Crippen LogP contribution in [0.1, 0.15) is 18.0 Å². The molecule has 0 aliphatic carbocycles. The molecule has 1 fully saturated rings. The molecule has 122 valence electrons. The van der Waals surface area contributed by atoms with Gasteiger partial charge in [-0.25, -0.2) is 4.79 Å². The molecule has 0 spiro atoms. The molecule has 0 saturated carbocycles. The zero-order valence-electron chi connectivity index (χ0n) is 12.4. The summed E-state index contributed by atoms with van der Waals surface area (Å²) < 4.78 is 4.78. The smallest absolute Gasteiger partial charge is 0.333 e. The third-order valence-corrected chi connectivity index (χ3v) is 4.44. The Labute approximate surface area is 141 Å². The molecule has 0 bridgehead atoms. The van der Waals surface area contributed by atoms with Gasteiger partial charge in [-0.15, -0.1) is 12.4 Å². The highest BCUT2D eigenvalue weighted by molar-refractivity contribution is 7.99. The lowest BCUT2D eigenvalue weighted by Gasteiger charge is -2.24. The standard InChI is InChI=1S/C15H20N2O3S.ClH/c1-20-15(19)14(11-5-3-2-4-6-11)17-13(18)9-12-10-21-8-7-16-12;/h2-6,12,14,16H,7-10H2,1H3,(H,17,18);1H. The van der Waals surface area contributed by atoms with Gasteiger partial charge in [0.05, 0.1) is 7.11 Å². The van der Waals surface area contributed by atoms with Gasteiger partial charge in [0.15, 0.2) is 6.04 Å². The number of halogens is 1. The van der Waals surface area contributed by atoms with Crippen molar-refractivity contribution >= 4 is 36.0 Å². The maximum atomic E-state index is 12.1. The van der Waals surface area contributed by atoms with Crippen molar-refractivity contribution in [1.29, 1.82) is 0 Å². The van der Waals surface area contributed by atoms with Gasteiger partial charge in [-0.1, -0.05) is 30.3 Å². The average molecular weight is 345 g/mol. The molecule has 2 N–H and O–H groups in total. The molecule has 2 atom stereocenters. The van der Waals surface area contributed by atoms with Gasteiger partial charge in [-0.3, -0.25) is 4.79 Å². The number of nitrogens with one attached hydrogen (secondary N) is 2. The number of hydrogen-bond acceptors (Lipinski definition) is 5. The van der Waals surface area contributed by atoms with E-state index in [4.69, 9.17) is 4.74 Å². The minimum atomic E-state index is -0.750.